The van der Waals surface area contributed by atoms with Gasteiger partial charge in [-0.25, -0.2) is 9.47 Å². The first kappa shape index (κ1) is 21.9. The summed E-state index contributed by atoms with van der Waals surface area (Å²) in [6, 6.07) is 7.91. The Bertz CT molecular complexity index is 981. The molecule has 1 aromatic heterocycles. The van der Waals surface area contributed by atoms with Crippen molar-refractivity contribution in [1.82, 2.24) is 14.6 Å². The van der Waals surface area contributed by atoms with Crippen LogP contribution in [0.4, 0.5) is 5.69 Å². The van der Waals surface area contributed by atoms with Crippen molar-refractivity contribution in [2.24, 2.45) is 0 Å². The number of nitrogens with zero attached hydrogens (tertiary/aromatic N) is 4. The molecule has 0 unspecified atom stereocenters. The Balaban J connectivity index is 1.48. The van der Waals surface area contributed by atoms with E-state index in [0.717, 1.165) is 80.3 Å². The number of anilines is 1. The fourth-order valence-electron chi connectivity index (χ4n) is 4.23. The molecule has 0 spiro atoms. The number of carbonyl (C=O) groups excluding carboxylic acids is 1. The van der Waals surface area contributed by atoms with Gasteiger partial charge in [-0.1, -0.05) is 30.8 Å². The molecule has 0 radical (unpaired) electrons. The molecule has 8 heteroatoms. The number of carbonyl (C=O) groups is 1. The number of piperazine rings is 1. The van der Waals surface area contributed by atoms with Crippen LogP contribution in [-0.2, 0) is 24.1 Å². The smallest absolute Gasteiger partial charge is 0.325 e. The highest BCUT2D eigenvalue weighted by Crippen LogP contribution is 2.28. The number of nitrogens with one attached hydrogen (secondary N) is 1. The number of aromatic nitrogens is 2. The Kier molecular flexibility index (Phi) is 6.97. The highest BCUT2D eigenvalue weighted by Gasteiger charge is 2.25. The molecule has 7 nitrogen and oxygen atoms in total. The predicted octanol–water partition coefficient (Wildman–Crippen LogP) is 2.30. The van der Waals surface area contributed by atoms with Crippen molar-refractivity contribution < 1.29 is 4.79 Å². The van der Waals surface area contributed by atoms with Crippen LogP contribution in [-0.4, -0.2) is 59.4 Å². The van der Waals surface area contributed by atoms with E-state index in [9.17, 15) is 9.59 Å². The minimum Gasteiger partial charge on any atom is -0.325 e. The van der Waals surface area contributed by atoms with Crippen LogP contribution in [0.25, 0.3) is 0 Å². The summed E-state index contributed by atoms with van der Waals surface area (Å²) in [5.74, 6) is 0.163. The van der Waals surface area contributed by atoms with Gasteiger partial charge in [-0.2, -0.15) is 4.98 Å². The molecule has 0 saturated carbocycles. The van der Waals surface area contributed by atoms with Crippen molar-refractivity contribution >= 4 is 23.4 Å². The lowest BCUT2D eigenvalue weighted by molar-refractivity contribution is -0.113. The van der Waals surface area contributed by atoms with Crippen LogP contribution in [0.3, 0.4) is 0 Å². The van der Waals surface area contributed by atoms with Gasteiger partial charge in [-0.15, -0.1) is 0 Å². The zero-order valence-corrected chi connectivity index (χ0v) is 19.2. The van der Waals surface area contributed by atoms with Crippen molar-refractivity contribution in [3.8, 4) is 0 Å². The van der Waals surface area contributed by atoms with Gasteiger partial charge in [0.1, 0.15) is 5.03 Å². The number of likely N-dealkylation sites (N-methyl/N-ethyl adjacent to an activating group) is 1. The molecule has 1 N–H and O–H groups in total. The largest absolute Gasteiger partial charge is 0.367 e. The first-order valence-electron chi connectivity index (χ1n) is 11.2. The summed E-state index contributed by atoms with van der Waals surface area (Å²) in [5, 5.41) is 5.80. The average molecular weight is 442 g/mol. The average Bonchev–Trinajstić information content (AvgIpc) is 2.79. The summed E-state index contributed by atoms with van der Waals surface area (Å²) in [6.45, 7) is 5.65. The molecule has 4 rings (SSSR count). The third-order valence-corrected chi connectivity index (χ3v) is 7.10. The van der Waals surface area contributed by atoms with E-state index < -0.39 is 0 Å². The number of amides is 1. The Labute approximate surface area is 187 Å². The van der Waals surface area contributed by atoms with Gasteiger partial charge in [0.15, 0.2) is 0 Å². The number of hydrogen-bond acceptors (Lipinski definition) is 6. The highest BCUT2D eigenvalue weighted by molar-refractivity contribution is 8.00. The Morgan fingerprint density at radius 1 is 1.10 bits per heavy atom. The zero-order valence-electron chi connectivity index (χ0n) is 18.4. The second kappa shape index (κ2) is 9.87. The molecule has 1 aliphatic carbocycles. The quantitative estimate of drug-likeness (QED) is 0.548. The molecule has 2 heterocycles. The van der Waals surface area contributed by atoms with E-state index in [1.807, 2.05) is 28.9 Å². The first-order chi connectivity index (χ1) is 15.0. The molecule has 0 bridgehead atoms. The van der Waals surface area contributed by atoms with Crippen molar-refractivity contribution in [2.75, 3.05) is 49.3 Å². The summed E-state index contributed by atoms with van der Waals surface area (Å²) in [5.41, 5.74) is 4.05. The Hall–Kier alpha value is -2.32. The van der Waals surface area contributed by atoms with Crippen molar-refractivity contribution in [3.63, 3.8) is 0 Å². The van der Waals surface area contributed by atoms with E-state index in [0.29, 0.717) is 0 Å². The van der Waals surface area contributed by atoms with Crippen LogP contribution in [0.5, 0.6) is 0 Å². The maximum atomic E-state index is 13.0. The molecule has 1 aliphatic heterocycles. The summed E-state index contributed by atoms with van der Waals surface area (Å²) in [6.07, 6.45) is 4.96. The number of rotatable bonds is 6. The zero-order chi connectivity index (χ0) is 21.8. The van der Waals surface area contributed by atoms with E-state index in [1.54, 1.807) is 0 Å². The lowest BCUT2D eigenvalue weighted by Gasteiger charge is -2.37. The molecular formula is C23H31N5O2S. The minimum absolute atomic E-state index is 0.0798. The van der Waals surface area contributed by atoms with E-state index >= 15 is 0 Å². The van der Waals surface area contributed by atoms with Gasteiger partial charge in [0.25, 0.3) is 0 Å². The van der Waals surface area contributed by atoms with E-state index in [-0.39, 0.29) is 17.3 Å². The van der Waals surface area contributed by atoms with Crippen LogP contribution in [0.1, 0.15) is 36.6 Å². The topological polar surface area (TPSA) is 70.5 Å². The molecule has 0 atom stereocenters. The number of hydrogen-bond donors (Lipinski definition) is 1. The van der Waals surface area contributed by atoms with E-state index in [2.05, 4.69) is 34.2 Å². The highest BCUT2D eigenvalue weighted by atomic mass is 32.2. The molecular weight excluding hydrogens is 410 g/mol. The molecule has 1 amide bonds. The standard InChI is InChI=1S/C23H31N5O2S/c1-3-17-8-10-18(11-9-17)24-21(29)16-31-22-19-6-4-5-7-20(19)28(23(30)25-22)27-14-12-26(2)13-15-27/h8-11H,3-7,12-16H2,1-2H3,(H,24,29). The molecule has 166 valence electrons. The lowest BCUT2D eigenvalue weighted by Crippen LogP contribution is -2.54. The predicted molar refractivity (Wildman–Crippen MR) is 126 cm³/mol. The monoisotopic (exact) mass is 441 g/mol. The van der Waals surface area contributed by atoms with Gasteiger partial charge in [0, 0.05) is 37.4 Å². The SMILES string of the molecule is CCc1ccc(NC(=O)CSc2nc(=O)n(N3CCN(C)CC3)c3c2CCCC3)cc1. The number of benzene rings is 1. The Morgan fingerprint density at radius 2 is 1.81 bits per heavy atom. The molecule has 2 aromatic rings. The molecule has 1 aromatic carbocycles. The Morgan fingerprint density at radius 3 is 2.52 bits per heavy atom. The molecule has 31 heavy (non-hydrogen) atoms. The maximum absolute atomic E-state index is 13.0. The maximum Gasteiger partial charge on any atom is 0.367 e. The third-order valence-electron chi connectivity index (χ3n) is 6.08. The fraction of sp³-hybridized carbons (Fsp3) is 0.522. The van der Waals surface area contributed by atoms with Crippen LogP contribution >= 0.6 is 11.8 Å². The molecule has 1 fully saturated rings. The number of aryl methyl sites for hydroxylation is 1. The van der Waals surface area contributed by atoms with Crippen molar-refractivity contribution in [3.05, 3.63) is 51.6 Å². The fourth-order valence-corrected chi connectivity index (χ4v) is 5.11. The van der Waals surface area contributed by atoms with Gasteiger partial charge in [-0.05, 0) is 56.8 Å². The van der Waals surface area contributed by atoms with Gasteiger partial charge < -0.3 is 15.2 Å². The third kappa shape index (κ3) is 5.13. The number of thioether (sulfide) groups is 1. The minimum atomic E-state index is -0.219. The van der Waals surface area contributed by atoms with Crippen molar-refractivity contribution in [1.29, 1.82) is 0 Å². The van der Waals surface area contributed by atoms with Crippen LogP contribution in [0.2, 0.25) is 0 Å². The first-order valence-corrected chi connectivity index (χ1v) is 12.1. The summed E-state index contributed by atoms with van der Waals surface area (Å²) >= 11 is 1.38. The van der Waals surface area contributed by atoms with Crippen LogP contribution in [0, 0.1) is 0 Å². The van der Waals surface area contributed by atoms with Gasteiger partial charge >= 0.3 is 5.69 Å². The molecule has 1 saturated heterocycles. The lowest BCUT2D eigenvalue weighted by atomic mass is 9.97. The molecule has 2 aliphatic rings. The van der Waals surface area contributed by atoms with Gasteiger partial charge in [-0.3, -0.25) is 4.79 Å². The summed E-state index contributed by atoms with van der Waals surface area (Å²) in [4.78, 5) is 32.1. The van der Waals surface area contributed by atoms with E-state index in [1.165, 1.54) is 17.3 Å². The normalized spacial score (nSPS) is 16.8. The number of fused-ring (bicyclic) bond motifs is 1. The second-order valence-corrected chi connectivity index (χ2v) is 9.25. The summed E-state index contributed by atoms with van der Waals surface area (Å²) in [7, 11) is 2.11. The van der Waals surface area contributed by atoms with Crippen LogP contribution in [0.15, 0.2) is 34.1 Å². The van der Waals surface area contributed by atoms with Crippen molar-refractivity contribution in [2.45, 2.75) is 44.1 Å². The van der Waals surface area contributed by atoms with Gasteiger partial charge in [0.05, 0.1) is 11.4 Å². The van der Waals surface area contributed by atoms with E-state index in [4.69, 9.17) is 0 Å². The van der Waals surface area contributed by atoms with Crippen LogP contribution < -0.4 is 16.0 Å². The van der Waals surface area contributed by atoms with Gasteiger partial charge in [0.2, 0.25) is 5.91 Å². The second-order valence-electron chi connectivity index (χ2n) is 8.29. The summed E-state index contributed by atoms with van der Waals surface area (Å²) < 4.78 is 1.82.